The van der Waals surface area contributed by atoms with Gasteiger partial charge < -0.3 is 20.7 Å². The Bertz CT molecular complexity index is 899. The summed E-state index contributed by atoms with van der Waals surface area (Å²) in [5, 5.41) is 14.1. The van der Waals surface area contributed by atoms with Crippen LogP contribution >= 0.6 is 0 Å². The lowest BCUT2D eigenvalue weighted by molar-refractivity contribution is -0.124. The third-order valence-corrected chi connectivity index (χ3v) is 5.27. The normalized spacial score (nSPS) is 16.5. The molecule has 0 aliphatic carbocycles. The molecule has 8 heteroatoms. The van der Waals surface area contributed by atoms with Gasteiger partial charge in [0.15, 0.2) is 5.96 Å². The lowest BCUT2D eigenvalue weighted by Gasteiger charge is -2.13. The van der Waals surface area contributed by atoms with Crippen LogP contribution in [-0.2, 0) is 29.7 Å². The van der Waals surface area contributed by atoms with E-state index in [2.05, 4.69) is 28.0 Å². The minimum absolute atomic E-state index is 0.0784. The zero-order chi connectivity index (χ0) is 21.5. The van der Waals surface area contributed by atoms with Crippen molar-refractivity contribution in [3.63, 3.8) is 0 Å². The highest BCUT2D eigenvalue weighted by Crippen LogP contribution is 2.17. The summed E-state index contributed by atoms with van der Waals surface area (Å²) < 4.78 is 7.34. The molecule has 3 N–H and O–H groups in total. The molecule has 1 aliphatic rings. The molecule has 0 saturated carbocycles. The average Bonchev–Trinajstić information content (AvgIpc) is 3.34. The molecule has 1 aromatic carbocycles. The van der Waals surface area contributed by atoms with Gasteiger partial charge in [0, 0.05) is 43.7 Å². The monoisotopic (exact) mass is 412 g/mol. The fourth-order valence-electron chi connectivity index (χ4n) is 3.51. The maximum Gasteiger partial charge on any atom is 0.253 e. The highest BCUT2D eigenvalue weighted by atomic mass is 16.5. The van der Waals surface area contributed by atoms with E-state index in [1.807, 2.05) is 49.8 Å². The van der Waals surface area contributed by atoms with E-state index in [1.54, 1.807) is 0 Å². The molecular weight excluding hydrogens is 380 g/mol. The van der Waals surface area contributed by atoms with Gasteiger partial charge in [0.25, 0.3) is 5.91 Å². The van der Waals surface area contributed by atoms with Crippen LogP contribution in [0.3, 0.4) is 0 Å². The Hall–Kier alpha value is -2.87. The van der Waals surface area contributed by atoms with Crippen LogP contribution in [0.5, 0.6) is 0 Å². The van der Waals surface area contributed by atoms with E-state index in [-0.39, 0.29) is 12.0 Å². The van der Waals surface area contributed by atoms with Gasteiger partial charge in [-0.1, -0.05) is 12.1 Å². The fraction of sp³-hybridized carbons (Fsp3) is 0.500. The van der Waals surface area contributed by atoms with Crippen LogP contribution in [0, 0.1) is 13.8 Å². The number of hydrogen-bond acceptors (Lipinski definition) is 4. The van der Waals surface area contributed by atoms with Gasteiger partial charge in [-0.25, -0.2) is 4.99 Å². The van der Waals surface area contributed by atoms with Crippen molar-refractivity contribution in [2.24, 2.45) is 12.0 Å². The largest absolute Gasteiger partial charge is 0.368 e. The fourth-order valence-corrected chi connectivity index (χ4v) is 3.51. The van der Waals surface area contributed by atoms with Gasteiger partial charge in [0.05, 0.1) is 12.2 Å². The third-order valence-electron chi connectivity index (χ3n) is 5.27. The van der Waals surface area contributed by atoms with E-state index in [1.165, 1.54) is 5.56 Å². The van der Waals surface area contributed by atoms with Crippen LogP contribution in [0.15, 0.2) is 29.3 Å². The van der Waals surface area contributed by atoms with Crippen molar-refractivity contribution >= 4 is 17.6 Å². The molecule has 1 saturated heterocycles. The summed E-state index contributed by atoms with van der Waals surface area (Å²) >= 11 is 0. The zero-order valence-electron chi connectivity index (χ0n) is 18.3. The number of nitrogens with one attached hydrogen (secondary N) is 3. The minimum Gasteiger partial charge on any atom is -0.368 e. The number of carbonyl (C=O) groups is 1. The maximum absolute atomic E-state index is 12.3. The molecule has 0 spiro atoms. The standard InChI is InChI=1S/C22H32N6O2/c1-5-23-22(25-14-19-15(2)27-28(4)16(19)3)24-13-17-8-6-9-18(12-17)26-21(29)20-10-7-11-30-20/h6,8-9,12,20H,5,7,10-11,13-14H2,1-4H3,(H,26,29)(H2,23,24,25). The smallest absolute Gasteiger partial charge is 0.253 e. The molecule has 2 aromatic rings. The number of guanidine groups is 1. The van der Waals surface area contributed by atoms with Gasteiger partial charge in [0.2, 0.25) is 0 Å². The predicted molar refractivity (Wildman–Crippen MR) is 118 cm³/mol. The summed E-state index contributed by atoms with van der Waals surface area (Å²) in [5.41, 5.74) is 5.13. The Balaban J connectivity index is 1.61. The van der Waals surface area contributed by atoms with Crippen LogP contribution in [0.2, 0.25) is 0 Å². The first-order valence-electron chi connectivity index (χ1n) is 10.5. The molecule has 8 nitrogen and oxygen atoms in total. The Labute approximate surface area is 178 Å². The molecule has 2 heterocycles. The molecular formula is C22H32N6O2. The lowest BCUT2D eigenvalue weighted by atomic mass is 10.2. The van der Waals surface area contributed by atoms with Crippen LogP contribution in [-0.4, -0.2) is 40.9 Å². The molecule has 162 valence electrons. The van der Waals surface area contributed by atoms with E-state index >= 15 is 0 Å². The summed E-state index contributed by atoms with van der Waals surface area (Å²) in [4.78, 5) is 17.0. The lowest BCUT2D eigenvalue weighted by Crippen LogP contribution is -2.37. The molecule has 1 atom stereocenters. The summed E-state index contributed by atoms with van der Waals surface area (Å²) in [6, 6.07) is 7.77. The number of aromatic nitrogens is 2. The Morgan fingerprint density at radius 3 is 2.83 bits per heavy atom. The average molecular weight is 413 g/mol. The molecule has 1 aliphatic heterocycles. The second-order valence-corrected chi connectivity index (χ2v) is 7.51. The molecule has 0 radical (unpaired) electrons. The van der Waals surface area contributed by atoms with Crippen LogP contribution in [0.1, 0.15) is 42.3 Å². The summed E-state index contributed by atoms with van der Waals surface area (Å²) in [7, 11) is 1.95. The third kappa shape index (κ3) is 5.60. The first kappa shape index (κ1) is 21.8. The van der Waals surface area contributed by atoms with Crippen molar-refractivity contribution in [2.75, 3.05) is 18.5 Å². The summed E-state index contributed by atoms with van der Waals surface area (Å²) in [6.07, 6.45) is 1.38. The molecule has 1 unspecified atom stereocenters. The maximum atomic E-state index is 12.3. The van der Waals surface area contributed by atoms with E-state index in [0.29, 0.717) is 19.7 Å². The van der Waals surface area contributed by atoms with E-state index in [9.17, 15) is 4.79 Å². The minimum atomic E-state index is -0.337. The van der Waals surface area contributed by atoms with Gasteiger partial charge in [-0.3, -0.25) is 9.48 Å². The molecule has 30 heavy (non-hydrogen) atoms. The Morgan fingerprint density at radius 1 is 1.33 bits per heavy atom. The number of amides is 1. The van der Waals surface area contributed by atoms with E-state index in [4.69, 9.17) is 9.73 Å². The highest BCUT2D eigenvalue weighted by Gasteiger charge is 2.23. The zero-order valence-corrected chi connectivity index (χ0v) is 18.3. The first-order chi connectivity index (χ1) is 14.5. The van der Waals surface area contributed by atoms with E-state index in [0.717, 1.165) is 48.0 Å². The van der Waals surface area contributed by atoms with E-state index < -0.39 is 0 Å². The van der Waals surface area contributed by atoms with Gasteiger partial charge in [-0.2, -0.15) is 5.10 Å². The number of ether oxygens (including phenoxy) is 1. The summed E-state index contributed by atoms with van der Waals surface area (Å²) in [5.74, 6) is 0.666. The van der Waals surface area contributed by atoms with Gasteiger partial charge in [0.1, 0.15) is 6.10 Å². The number of aliphatic imine (C=N–C) groups is 1. The van der Waals surface area contributed by atoms with Gasteiger partial charge >= 0.3 is 0 Å². The van der Waals surface area contributed by atoms with Crippen molar-refractivity contribution < 1.29 is 9.53 Å². The second kappa shape index (κ2) is 10.2. The topological polar surface area (TPSA) is 92.6 Å². The van der Waals surface area contributed by atoms with Crippen LogP contribution in [0.25, 0.3) is 0 Å². The van der Waals surface area contributed by atoms with Gasteiger partial charge in [-0.05, 0) is 51.3 Å². The molecule has 0 bridgehead atoms. The number of carbonyl (C=O) groups excluding carboxylic acids is 1. The Morgan fingerprint density at radius 2 is 2.17 bits per heavy atom. The van der Waals surface area contributed by atoms with Gasteiger partial charge in [-0.15, -0.1) is 0 Å². The number of nitrogens with zero attached hydrogens (tertiary/aromatic N) is 3. The van der Waals surface area contributed by atoms with Crippen molar-refractivity contribution in [1.82, 2.24) is 20.4 Å². The van der Waals surface area contributed by atoms with Crippen molar-refractivity contribution in [1.29, 1.82) is 0 Å². The summed E-state index contributed by atoms with van der Waals surface area (Å²) in [6.45, 7) is 8.72. The number of benzene rings is 1. The second-order valence-electron chi connectivity index (χ2n) is 7.51. The molecule has 3 rings (SSSR count). The van der Waals surface area contributed by atoms with Crippen molar-refractivity contribution in [3.8, 4) is 0 Å². The predicted octanol–water partition coefficient (Wildman–Crippen LogP) is 2.41. The number of anilines is 1. The molecule has 1 amide bonds. The van der Waals surface area contributed by atoms with Crippen molar-refractivity contribution in [2.45, 2.75) is 52.8 Å². The first-order valence-corrected chi connectivity index (χ1v) is 10.5. The number of aryl methyl sites for hydroxylation is 2. The Kier molecular flexibility index (Phi) is 7.46. The number of rotatable bonds is 7. The SMILES string of the molecule is CCNC(=NCc1cccc(NC(=O)C2CCCO2)c1)NCc1c(C)nn(C)c1C. The van der Waals surface area contributed by atoms with Crippen LogP contribution in [0.4, 0.5) is 5.69 Å². The number of hydrogen-bond donors (Lipinski definition) is 3. The quantitative estimate of drug-likeness (QED) is 0.480. The van der Waals surface area contributed by atoms with Crippen LogP contribution < -0.4 is 16.0 Å². The molecule has 1 fully saturated rings. The van der Waals surface area contributed by atoms with Crippen molar-refractivity contribution in [3.05, 3.63) is 46.8 Å². The molecule has 1 aromatic heterocycles. The highest BCUT2D eigenvalue weighted by molar-refractivity contribution is 5.94.